The summed E-state index contributed by atoms with van der Waals surface area (Å²) in [5.74, 6) is 0. The fourth-order valence-electron chi connectivity index (χ4n) is 3.97. The van der Waals surface area contributed by atoms with Crippen LogP contribution in [0, 0.1) is 0 Å². The van der Waals surface area contributed by atoms with Crippen LogP contribution in [0.2, 0.25) is 0 Å². The van der Waals surface area contributed by atoms with E-state index < -0.39 is 0 Å². The van der Waals surface area contributed by atoms with Gasteiger partial charge in [0.1, 0.15) is 0 Å². The van der Waals surface area contributed by atoms with Gasteiger partial charge in [-0.3, -0.25) is 0 Å². The van der Waals surface area contributed by atoms with Gasteiger partial charge in [-0.2, -0.15) is 0 Å². The summed E-state index contributed by atoms with van der Waals surface area (Å²) >= 11 is 0.309. The molecule has 0 bridgehead atoms. The molecule has 0 aromatic heterocycles. The summed E-state index contributed by atoms with van der Waals surface area (Å²) in [5, 5.41) is 1.36. The zero-order valence-electron chi connectivity index (χ0n) is 19.3. The molecule has 1 heterocycles. The van der Waals surface area contributed by atoms with Crippen molar-refractivity contribution in [3.8, 4) is 10.1 Å². The van der Waals surface area contributed by atoms with Crippen LogP contribution in [0.4, 0.5) is 5.69 Å². The molecule has 3 rings (SSSR count). The van der Waals surface area contributed by atoms with E-state index in [1.165, 1.54) is 69.5 Å². The van der Waals surface area contributed by atoms with E-state index in [1.54, 1.807) is 0 Å². The van der Waals surface area contributed by atoms with E-state index in [9.17, 15) is 0 Å². The fourth-order valence-corrected chi connectivity index (χ4v) is 6.14. The first kappa shape index (κ1) is 23.0. The molecule has 0 spiro atoms. The van der Waals surface area contributed by atoms with E-state index >= 15 is 0 Å². The normalized spacial score (nSPS) is 11.3. The Morgan fingerprint density at radius 1 is 0.833 bits per heavy atom. The molecule has 4 heteroatoms. The quantitative estimate of drug-likeness (QED) is 0.212. The fraction of sp³-hybridized carbons (Fsp3) is 0.538. The molecule has 0 unspecified atom stereocenters. The number of unbranched alkanes of at least 4 members (excludes halogenated alkanes) is 2. The number of rotatable bonds is 11. The Bertz CT molecular complexity index is 959. The minimum atomic E-state index is 0.309. The van der Waals surface area contributed by atoms with Crippen LogP contribution in [0.1, 0.15) is 66.2 Å². The van der Waals surface area contributed by atoms with Gasteiger partial charge >= 0.3 is 189 Å². The van der Waals surface area contributed by atoms with E-state index in [0.29, 0.717) is 14.5 Å². The van der Waals surface area contributed by atoms with Crippen molar-refractivity contribution >= 4 is 30.0 Å². The summed E-state index contributed by atoms with van der Waals surface area (Å²) in [6.07, 6.45) is 7.37. The van der Waals surface area contributed by atoms with Crippen LogP contribution >= 0.6 is 0 Å². The topological polar surface area (TPSA) is 19.1 Å². The molecule has 3 nitrogen and oxygen atoms in total. The number of nitrogens with zero attached hydrogens (tertiary/aromatic N) is 3. The number of aromatic nitrogens is 1. The Balaban J connectivity index is 2.04. The minimum absolute atomic E-state index is 0.309. The van der Waals surface area contributed by atoms with E-state index in [1.807, 2.05) is 0 Å². The van der Waals surface area contributed by atoms with Crippen molar-refractivity contribution < 1.29 is 0 Å². The predicted molar refractivity (Wildman–Crippen MR) is 133 cm³/mol. The van der Waals surface area contributed by atoms with E-state index in [-0.39, 0.29) is 0 Å². The SMILES string of the molecule is CCCCN(CCCC)c1ccc2nc3ccc(=[N+](CCC)CCC)cc-3[se]c2c1. The van der Waals surface area contributed by atoms with Gasteiger partial charge in [-0.25, -0.2) is 0 Å². The molecule has 0 saturated heterocycles. The third-order valence-electron chi connectivity index (χ3n) is 5.63. The average molecular weight is 472 g/mol. The second kappa shape index (κ2) is 11.7. The maximum atomic E-state index is 5.00. The first-order valence-corrected chi connectivity index (χ1v) is 13.6. The molecule has 2 aliphatic rings. The first-order chi connectivity index (χ1) is 14.7. The summed E-state index contributed by atoms with van der Waals surface area (Å²) in [6, 6.07) is 13.9. The van der Waals surface area contributed by atoms with Crippen LogP contribution in [-0.2, 0) is 0 Å². The van der Waals surface area contributed by atoms with Crippen molar-refractivity contribution in [2.75, 3.05) is 31.1 Å². The molecular formula is C26H38N3Se+. The van der Waals surface area contributed by atoms with Crippen molar-refractivity contribution in [1.29, 1.82) is 0 Å². The monoisotopic (exact) mass is 472 g/mol. The van der Waals surface area contributed by atoms with E-state index in [2.05, 4.69) is 73.6 Å². The Kier molecular flexibility index (Phi) is 8.96. The number of hydrogen-bond donors (Lipinski definition) is 0. The number of benzene rings is 2. The molecule has 0 amide bonds. The molecule has 162 valence electrons. The van der Waals surface area contributed by atoms with Crippen molar-refractivity contribution in [3.05, 3.63) is 41.8 Å². The Morgan fingerprint density at radius 2 is 1.53 bits per heavy atom. The molecule has 1 aliphatic carbocycles. The van der Waals surface area contributed by atoms with Crippen LogP contribution in [0.15, 0.2) is 36.4 Å². The zero-order chi connectivity index (χ0) is 21.3. The van der Waals surface area contributed by atoms with Crippen molar-refractivity contribution in [3.63, 3.8) is 0 Å². The second-order valence-corrected chi connectivity index (χ2v) is 10.5. The van der Waals surface area contributed by atoms with Gasteiger partial charge in [-0.15, -0.1) is 0 Å². The van der Waals surface area contributed by atoms with Crippen molar-refractivity contribution in [2.24, 2.45) is 0 Å². The van der Waals surface area contributed by atoms with Gasteiger partial charge in [0.25, 0.3) is 0 Å². The Labute approximate surface area is 188 Å². The summed E-state index contributed by atoms with van der Waals surface area (Å²) < 4.78 is 5.38. The third kappa shape index (κ3) is 5.74. The summed E-state index contributed by atoms with van der Waals surface area (Å²) in [5.41, 5.74) is 3.72. The molecule has 1 aliphatic heterocycles. The summed E-state index contributed by atoms with van der Waals surface area (Å²) in [6.45, 7) is 13.7. The third-order valence-corrected chi connectivity index (χ3v) is 7.92. The standard InChI is InChI=1S/C26H38N3Se/c1-5-9-17-29(18-10-6-2)22-12-14-24-26(20-22)30-25-19-21(11-13-23(25)27-24)28(15-7-3)16-8-4/h11-14,19-20H,5-10,15-18H2,1-4H3/q+1. The molecule has 0 radical (unpaired) electrons. The second-order valence-electron chi connectivity index (χ2n) is 8.20. The van der Waals surface area contributed by atoms with Gasteiger partial charge in [0.2, 0.25) is 0 Å². The summed E-state index contributed by atoms with van der Waals surface area (Å²) in [7, 11) is 0. The molecule has 0 N–H and O–H groups in total. The molecule has 0 fully saturated rings. The van der Waals surface area contributed by atoms with Crippen LogP contribution in [0.3, 0.4) is 0 Å². The van der Waals surface area contributed by atoms with E-state index in [0.717, 1.165) is 26.2 Å². The molecule has 0 saturated carbocycles. The van der Waals surface area contributed by atoms with Gasteiger partial charge in [-0.1, -0.05) is 0 Å². The number of anilines is 1. The number of fused-ring (bicyclic) bond motifs is 2. The summed E-state index contributed by atoms with van der Waals surface area (Å²) in [4.78, 5) is 7.59. The Hall–Kier alpha value is -1.64. The van der Waals surface area contributed by atoms with Gasteiger partial charge in [0.15, 0.2) is 0 Å². The van der Waals surface area contributed by atoms with Crippen LogP contribution in [0.25, 0.3) is 19.9 Å². The zero-order valence-corrected chi connectivity index (χ0v) is 21.0. The van der Waals surface area contributed by atoms with Crippen molar-refractivity contribution in [2.45, 2.75) is 66.2 Å². The van der Waals surface area contributed by atoms with Crippen LogP contribution in [0.5, 0.6) is 0 Å². The van der Waals surface area contributed by atoms with Gasteiger partial charge in [0, 0.05) is 0 Å². The number of hydrogen-bond acceptors (Lipinski definition) is 2. The average Bonchev–Trinajstić information content (AvgIpc) is 2.77. The maximum absolute atomic E-state index is 5.00. The predicted octanol–water partition coefficient (Wildman–Crippen LogP) is 5.40. The molecule has 1 aromatic carbocycles. The van der Waals surface area contributed by atoms with Gasteiger partial charge in [0.05, 0.1) is 0 Å². The van der Waals surface area contributed by atoms with Gasteiger partial charge < -0.3 is 0 Å². The van der Waals surface area contributed by atoms with Gasteiger partial charge in [-0.05, 0) is 0 Å². The van der Waals surface area contributed by atoms with Crippen molar-refractivity contribution in [1.82, 2.24) is 9.56 Å². The molecular weight excluding hydrogens is 433 g/mol. The first-order valence-electron chi connectivity index (χ1n) is 11.9. The van der Waals surface area contributed by atoms with E-state index in [4.69, 9.17) is 4.98 Å². The molecule has 0 atom stereocenters. The molecule has 30 heavy (non-hydrogen) atoms. The van der Waals surface area contributed by atoms with Crippen LogP contribution in [-0.4, -0.2) is 45.7 Å². The Morgan fingerprint density at radius 3 is 2.17 bits per heavy atom. The molecule has 1 aromatic rings. The van der Waals surface area contributed by atoms with Crippen LogP contribution < -0.4 is 14.8 Å².